The molecule has 1 aromatic rings. The predicted molar refractivity (Wildman–Crippen MR) is 67.7 cm³/mol. The molecule has 0 amide bonds. The molecule has 0 spiro atoms. The van der Waals surface area contributed by atoms with E-state index in [0.29, 0.717) is 0 Å². The molecule has 0 saturated heterocycles. The van der Waals surface area contributed by atoms with Crippen LogP contribution in [0.5, 0.6) is 0 Å². The third-order valence-corrected chi connectivity index (χ3v) is 2.76. The van der Waals surface area contributed by atoms with Crippen LogP contribution in [0.25, 0.3) is 0 Å². The van der Waals surface area contributed by atoms with Crippen LogP contribution in [0, 0.1) is 10.1 Å². The Morgan fingerprint density at radius 2 is 2.00 bits per heavy atom. The van der Waals surface area contributed by atoms with Crippen molar-refractivity contribution in [3.05, 3.63) is 39.4 Å². The lowest BCUT2D eigenvalue weighted by molar-refractivity contribution is -0.385. The molecule has 0 aliphatic rings. The predicted octanol–water partition coefficient (Wildman–Crippen LogP) is 0.250. The first-order chi connectivity index (χ1) is 9.77. The highest BCUT2D eigenvalue weighted by molar-refractivity contribution is 5.90. The minimum Gasteiger partial charge on any atom is -0.478 e. The Hall–Kier alpha value is -2.52. The molecular formula is C12H13NO8. The first-order valence-electron chi connectivity index (χ1n) is 5.72. The molecule has 9 heteroatoms. The number of nitro benzene ring substituents is 1. The fourth-order valence-corrected chi connectivity index (χ4v) is 1.68. The Labute approximate surface area is 118 Å². The fourth-order valence-electron chi connectivity index (χ4n) is 1.68. The first-order valence-corrected chi connectivity index (χ1v) is 5.72. The van der Waals surface area contributed by atoms with E-state index in [2.05, 4.69) is 4.74 Å². The first kappa shape index (κ1) is 16.5. The van der Waals surface area contributed by atoms with Crippen molar-refractivity contribution >= 4 is 17.6 Å². The smallest absolute Gasteiger partial charge is 0.336 e. The lowest BCUT2D eigenvalue weighted by atomic mass is 9.96. The standard InChI is InChI=1S/C12H13NO8/c1-21-10(15)5-9(14)11(16)8-4-6(13(19)20)2-3-7(8)12(17)18/h2-4,9,11,14,16H,5H2,1H3,(H,17,18). The molecule has 9 nitrogen and oxygen atoms in total. The van der Waals surface area contributed by atoms with Crippen molar-refractivity contribution < 1.29 is 34.6 Å². The van der Waals surface area contributed by atoms with Crippen molar-refractivity contribution in [2.75, 3.05) is 7.11 Å². The average Bonchev–Trinajstić information content (AvgIpc) is 2.45. The van der Waals surface area contributed by atoms with Gasteiger partial charge in [-0.1, -0.05) is 0 Å². The van der Waals surface area contributed by atoms with Crippen LogP contribution >= 0.6 is 0 Å². The summed E-state index contributed by atoms with van der Waals surface area (Å²) >= 11 is 0. The normalized spacial score (nSPS) is 13.3. The van der Waals surface area contributed by atoms with Gasteiger partial charge < -0.3 is 20.1 Å². The third-order valence-electron chi connectivity index (χ3n) is 2.76. The summed E-state index contributed by atoms with van der Waals surface area (Å²) in [5.41, 5.74) is -1.20. The van der Waals surface area contributed by atoms with Gasteiger partial charge in [0.15, 0.2) is 0 Å². The van der Waals surface area contributed by atoms with Crippen LogP contribution in [0.15, 0.2) is 18.2 Å². The molecule has 0 heterocycles. The van der Waals surface area contributed by atoms with E-state index in [1.165, 1.54) is 0 Å². The van der Waals surface area contributed by atoms with E-state index in [9.17, 15) is 29.9 Å². The molecule has 3 N–H and O–H groups in total. The number of ether oxygens (including phenoxy) is 1. The molecule has 21 heavy (non-hydrogen) atoms. The van der Waals surface area contributed by atoms with Gasteiger partial charge in [0.1, 0.15) is 6.10 Å². The number of carboxylic acids is 1. The lowest BCUT2D eigenvalue weighted by Crippen LogP contribution is -2.24. The number of hydrogen-bond acceptors (Lipinski definition) is 7. The monoisotopic (exact) mass is 299 g/mol. The third kappa shape index (κ3) is 3.97. The molecule has 0 radical (unpaired) electrons. The molecule has 0 aliphatic carbocycles. The van der Waals surface area contributed by atoms with Crippen LogP contribution in [0.1, 0.15) is 28.4 Å². The second-order valence-electron chi connectivity index (χ2n) is 4.13. The fraction of sp³-hybridized carbons (Fsp3) is 0.333. The van der Waals surface area contributed by atoms with Gasteiger partial charge in [0.05, 0.1) is 30.1 Å². The number of nitrogens with zero attached hydrogens (tertiary/aromatic N) is 1. The number of non-ortho nitro benzene ring substituents is 1. The number of aliphatic hydroxyl groups excluding tert-OH is 2. The zero-order valence-corrected chi connectivity index (χ0v) is 10.9. The molecule has 0 saturated carbocycles. The van der Waals surface area contributed by atoms with Crippen molar-refractivity contribution in [3.63, 3.8) is 0 Å². The van der Waals surface area contributed by atoms with E-state index in [1.807, 2.05) is 0 Å². The molecule has 2 unspecified atom stereocenters. The van der Waals surface area contributed by atoms with E-state index >= 15 is 0 Å². The lowest BCUT2D eigenvalue weighted by Gasteiger charge is -2.18. The SMILES string of the molecule is COC(=O)CC(O)C(O)c1cc([N+](=O)[O-])ccc1C(=O)O. The summed E-state index contributed by atoms with van der Waals surface area (Å²) in [7, 11) is 1.08. The second-order valence-corrected chi connectivity index (χ2v) is 4.13. The van der Waals surface area contributed by atoms with Crippen LogP contribution in [0.4, 0.5) is 5.69 Å². The average molecular weight is 299 g/mol. The Bertz CT molecular complexity index is 570. The maximum Gasteiger partial charge on any atom is 0.336 e. The maximum absolute atomic E-state index is 11.1. The quantitative estimate of drug-likeness (QED) is 0.384. The van der Waals surface area contributed by atoms with Gasteiger partial charge in [-0.2, -0.15) is 0 Å². The highest BCUT2D eigenvalue weighted by atomic mass is 16.6. The number of aromatic carboxylic acids is 1. The van der Waals surface area contributed by atoms with Crippen molar-refractivity contribution in [3.8, 4) is 0 Å². The van der Waals surface area contributed by atoms with E-state index in [-0.39, 0.29) is 5.56 Å². The van der Waals surface area contributed by atoms with E-state index in [4.69, 9.17) is 5.11 Å². The van der Waals surface area contributed by atoms with E-state index < -0.39 is 46.7 Å². The van der Waals surface area contributed by atoms with Crippen LogP contribution in [0.3, 0.4) is 0 Å². The number of nitro groups is 1. The molecule has 0 fully saturated rings. The molecule has 1 rings (SSSR count). The van der Waals surface area contributed by atoms with Gasteiger partial charge in [-0.15, -0.1) is 0 Å². The highest BCUT2D eigenvalue weighted by Crippen LogP contribution is 2.27. The van der Waals surface area contributed by atoms with Crippen molar-refractivity contribution in [1.29, 1.82) is 0 Å². The van der Waals surface area contributed by atoms with Crippen LogP contribution < -0.4 is 0 Å². The molecule has 114 valence electrons. The summed E-state index contributed by atoms with van der Waals surface area (Å²) in [5.74, 6) is -2.24. The number of hydrogen-bond donors (Lipinski definition) is 3. The van der Waals surface area contributed by atoms with E-state index in [1.54, 1.807) is 0 Å². The molecular weight excluding hydrogens is 286 g/mol. The van der Waals surface area contributed by atoms with Crippen LogP contribution in [0.2, 0.25) is 0 Å². The summed E-state index contributed by atoms with van der Waals surface area (Å²) in [5, 5.41) is 39.3. The van der Waals surface area contributed by atoms with Gasteiger partial charge >= 0.3 is 11.9 Å². The Balaban J connectivity index is 3.18. The summed E-state index contributed by atoms with van der Waals surface area (Å²) in [4.78, 5) is 32.0. The molecule has 2 atom stereocenters. The number of carboxylic acid groups (broad SMARTS) is 1. The Morgan fingerprint density at radius 3 is 2.48 bits per heavy atom. The Kier molecular flexibility index (Phi) is 5.33. The zero-order chi connectivity index (χ0) is 16.2. The van der Waals surface area contributed by atoms with Gasteiger partial charge in [-0.3, -0.25) is 14.9 Å². The molecule has 0 bridgehead atoms. The summed E-state index contributed by atoms with van der Waals surface area (Å²) in [6, 6.07) is 2.75. The summed E-state index contributed by atoms with van der Waals surface area (Å²) in [6.07, 6.45) is -4.02. The van der Waals surface area contributed by atoms with Gasteiger partial charge in [0.2, 0.25) is 0 Å². The summed E-state index contributed by atoms with van der Waals surface area (Å²) in [6.45, 7) is 0. The van der Waals surface area contributed by atoms with Gasteiger partial charge in [0, 0.05) is 17.7 Å². The minimum absolute atomic E-state index is 0.354. The molecule has 1 aromatic carbocycles. The zero-order valence-electron chi connectivity index (χ0n) is 10.9. The number of benzene rings is 1. The number of esters is 1. The summed E-state index contributed by atoms with van der Waals surface area (Å²) < 4.78 is 4.31. The number of carbonyl (C=O) groups is 2. The molecule has 0 aromatic heterocycles. The Morgan fingerprint density at radius 1 is 1.38 bits per heavy atom. The van der Waals surface area contributed by atoms with Gasteiger partial charge in [0.25, 0.3) is 5.69 Å². The van der Waals surface area contributed by atoms with Crippen molar-refractivity contribution in [2.45, 2.75) is 18.6 Å². The number of carbonyl (C=O) groups excluding carboxylic acids is 1. The highest BCUT2D eigenvalue weighted by Gasteiger charge is 2.27. The van der Waals surface area contributed by atoms with Gasteiger partial charge in [-0.05, 0) is 6.07 Å². The van der Waals surface area contributed by atoms with E-state index in [0.717, 1.165) is 25.3 Å². The van der Waals surface area contributed by atoms with Crippen LogP contribution in [-0.4, -0.2) is 45.4 Å². The van der Waals surface area contributed by atoms with Crippen molar-refractivity contribution in [1.82, 2.24) is 0 Å². The largest absolute Gasteiger partial charge is 0.478 e. The number of aliphatic hydroxyl groups is 2. The molecule has 0 aliphatic heterocycles. The number of rotatable bonds is 6. The minimum atomic E-state index is -1.78. The number of methoxy groups -OCH3 is 1. The topological polar surface area (TPSA) is 147 Å². The van der Waals surface area contributed by atoms with Gasteiger partial charge in [-0.25, -0.2) is 4.79 Å². The van der Waals surface area contributed by atoms with Crippen molar-refractivity contribution in [2.24, 2.45) is 0 Å². The van der Waals surface area contributed by atoms with Crippen LogP contribution in [-0.2, 0) is 9.53 Å². The maximum atomic E-state index is 11.1. The second kappa shape index (κ2) is 6.77.